The van der Waals surface area contributed by atoms with E-state index in [9.17, 15) is 49.0 Å². The van der Waals surface area contributed by atoms with Crippen LogP contribution in [0.4, 0.5) is 8.78 Å². The number of alkyl halides is 2. The van der Waals surface area contributed by atoms with Gasteiger partial charge in [-0.15, -0.1) is 0 Å². The van der Waals surface area contributed by atoms with Crippen molar-refractivity contribution in [2.24, 2.45) is 0 Å². The minimum atomic E-state index is -1.36. The Morgan fingerprint density at radius 2 is 0.957 bits per heavy atom. The number of pyridine rings is 2. The van der Waals surface area contributed by atoms with Crippen LogP contribution in [0.15, 0.2) is 109 Å². The number of hydrogen-bond donors (Lipinski definition) is 4. The molecule has 0 spiro atoms. The molecule has 4 N–H and O–H groups in total. The van der Waals surface area contributed by atoms with Crippen LogP contribution in [0.5, 0.6) is 11.5 Å². The average Bonchev–Trinajstić information content (AvgIpc) is 4.26. The van der Waals surface area contributed by atoms with Crippen LogP contribution in [0.25, 0.3) is 56.2 Å². The Morgan fingerprint density at radius 3 is 1.29 bits per heavy atom. The molecule has 356 valence electrons. The van der Waals surface area contributed by atoms with Gasteiger partial charge in [-0.1, -0.05) is 85.0 Å². The molecule has 2 aromatic heterocycles. The summed E-state index contributed by atoms with van der Waals surface area (Å²) >= 11 is 0. The molecule has 69 heavy (non-hydrogen) atoms. The second-order valence-electron chi connectivity index (χ2n) is 17.1. The van der Waals surface area contributed by atoms with E-state index in [4.69, 9.17) is 19.4 Å². The first-order valence-electron chi connectivity index (χ1n) is 22.8. The number of carbonyl (C=O) groups excluding carboxylic acids is 2. The van der Waals surface area contributed by atoms with Gasteiger partial charge >= 0.3 is 37.7 Å². The first kappa shape index (κ1) is 53.0. The molecule has 2 aliphatic carbocycles. The fourth-order valence-corrected chi connectivity index (χ4v) is 8.22. The minimum absolute atomic E-state index is 0. The molecule has 15 heteroatoms. The summed E-state index contributed by atoms with van der Waals surface area (Å²) in [6, 6.07) is 30.6. The summed E-state index contributed by atoms with van der Waals surface area (Å²) < 4.78 is 35.7. The van der Waals surface area contributed by atoms with Gasteiger partial charge in [0.25, 0.3) is 0 Å². The zero-order valence-corrected chi connectivity index (χ0v) is 40.3. The number of aliphatic hydroxyl groups excluding tert-OH is 4. The van der Waals surface area contributed by atoms with Crippen molar-refractivity contribution in [3.8, 4) is 33.8 Å². The standard InChI is InChI=1S/2C27H28FNO5.Ca/c2*28-13-14-34-21-10-7-17(8-11-21)26-22-3-1-2-4-24(22)29-27(18-5-6-18)23(26)12-9-19(30)15-20(31)16-25(32)33;/h2*1-4,7-12,18-20,30-31H,5-6,13-16H2,(H,32,33);/q;;+2/p-2/b2*12-9+;/t2*19-,20-;/m11./s1. The summed E-state index contributed by atoms with van der Waals surface area (Å²) in [6.45, 7) is -1.12. The zero-order chi connectivity index (χ0) is 48.2. The second-order valence-corrected chi connectivity index (χ2v) is 17.1. The Bertz CT molecular complexity index is 2540. The number of aromatic nitrogens is 2. The van der Waals surface area contributed by atoms with Crippen LogP contribution < -0.4 is 19.7 Å². The summed E-state index contributed by atoms with van der Waals surface area (Å²) in [5, 5.41) is 63.8. The summed E-state index contributed by atoms with van der Waals surface area (Å²) in [7, 11) is 0. The van der Waals surface area contributed by atoms with E-state index in [1.54, 1.807) is 36.4 Å². The maximum atomic E-state index is 12.5. The van der Waals surface area contributed by atoms with Crippen molar-refractivity contribution in [2.45, 2.75) is 87.6 Å². The number of aliphatic carboxylic acids is 2. The molecule has 0 amide bonds. The summed E-state index contributed by atoms with van der Waals surface area (Å²) in [4.78, 5) is 31.2. The third-order valence-electron chi connectivity index (χ3n) is 11.6. The number of hydrogen-bond acceptors (Lipinski definition) is 12. The SMILES string of the molecule is O=C([O-])C[C@H](O)C[C@H](O)/C=C/c1c(C2CC2)nc2ccccc2c1-c1ccc(OCCF)cc1.O=C([O-])C[C@H](O)C[C@H](O)/C=C/c1c(C2CC2)nc2ccccc2c1-c1ccc(OCCF)cc1.[Ca+2]. The third kappa shape index (κ3) is 14.8. The van der Waals surface area contributed by atoms with E-state index in [1.165, 1.54) is 0 Å². The third-order valence-corrected chi connectivity index (χ3v) is 11.6. The van der Waals surface area contributed by atoms with Crippen molar-refractivity contribution in [1.29, 1.82) is 0 Å². The maximum absolute atomic E-state index is 12.5. The number of carboxylic acids is 2. The van der Waals surface area contributed by atoms with Gasteiger partial charge in [-0.3, -0.25) is 9.97 Å². The van der Waals surface area contributed by atoms with E-state index in [-0.39, 0.29) is 63.8 Å². The molecular formula is C54H54CaF2N2O10. The van der Waals surface area contributed by atoms with Gasteiger partial charge in [-0.05, 0) is 73.2 Å². The van der Waals surface area contributed by atoms with Crippen molar-refractivity contribution >= 4 is 83.6 Å². The number of aliphatic hydroxyl groups is 4. The fraction of sp³-hybridized carbons (Fsp3) is 0.333. The predicted octanol–water partition coefficient (Wildman–Crippen LogP) is 6.40. The topological polar surface area (TPSA) is 205 Å². The Kier molecular flexibility index (Phi) is 19.6. The van der Waals surface area contributed by atoms with Crippen LogP contribution in [0, 0.1) is 0 Å². The van der Waals surface area contributed by atoms with E-state index < -0.39 is 62.5 Å². The summed E-state index contributed by atoms with van der Waals surface area (Å²) in [6.07, 6.45) is 5.17. The first-order chi connectivity index (χ1) is 32.9. The molecule has 0 aliphatic heterocycles. The van der Waals surface area contributed by atoms with E-state index >= 15 is 0 Å². The van der Waals surface area contributed by atoms with Crippen LogP contribution in [-0.2, 0) is 9.59 Å². The number of para-hydroxylation sites is 2. The monoisotopic (exact) mass is 968 g/mol. The molecule has 2 heterocycles. The van der Waals surface area contributed by atoms with Crippen LogP contribution in [-0.4, -0.2) is 131 Å². The number of rotatable bonds is 22. The quantitative estimate of drug-likeness (QED) is 0.0546. The molecule has 0 radical (unpaired) electrons. The Labute approximate surface area is 429 Å². The predicted molar refractivity (Wildman–Crippen MR) is 258 cm³/mol. The van der Waals surface area contributed by atoms with Gasteiger partial charge in [0.15, 0.2) is 0 Å². The number of nitrogens with zero attached hydrogens (tertiary/aromatic N) is 2. The van der Waals surface area contributed by atoms with Gasteiger partial charge < -0.3 is 49.7 Å². The molecule has 6 aromatic rings. The van der Waals surface area contributed by atoms with E-state index in [0.29, 0.717) is 23.3 Å². The van der Waals surface area contributed by atoms with Gasteiger partial charge in [0.1, 0.15) is 38.1 Å². The molecule has 2 saturated carbocycles. The number of benzene rings is 4. The molecular weight excluding hydrogens is 915 g/mol. The van der Waals surface area contributed by atoms with Crippen molar-refractivity contribution in [3.63, 3.8) is 0 Å². The average molecular weight is 969 g/mol. The summed E-state index contributed by atoms with van der Waals surface area (Å²) in [5.41, 5.74) is 9.19. The second kappa shape index (κ2) is 25.5. The molecule has 12 nitrogen and oxygen atoms in total. The van der Waals surface area contributed by atoms with Crippen molar-refractivity contribution in [3.05, 3.63) is 132 Å². The van der Waals surface area contributed by atoms with Crippen molar-refractivity contribution < 1.29 is 58.5 Å². The molecule has 0 saturated heterocycles. The van der Waals surface area contributed by atoms with E-state index in [0.717, 1.165) is 92.3 Å². The molecule has 4 aromatic carbocycles. The van der Waals surface area contributed by atoms with Gasteiger partial charge in [0, 0.05) is 82.5 Å². The molecule has 2 fully saturated rings. The molecule has 4 atom stereocenters. The normalized spacial score (nSPS) is 15.3. The van der Waals surface area contributed by atoms with Crippen LogP contribution in [0.1, 0.15) is 85.7 Å². The van der Waals surface area contributed by atoms with Crippen molar-refractivity contribution in [1.82, 2.24) is 9.97 Å². The first-order valence-corrected chi connectivity index (χ1v) is 22.8. The number of carboxylic acid groups (broad SMARTS) is 2. The van der Waals surface area contributed by atoms with E-state index in [1.807, 2.05) is 84.9 Å². The van der Waals surface area contributed by atoms with Crippen LogP contribution in [0.3, 0.4) is 0 Å². The molecule has 0 bridgehead atoms. The zero-order valence-electron chi connectivity index (χ0n) is 38.1. The largest absolute Gasteiger partial charge is 2.00 e. The Balaban J connectivity index is 0.000000224. The summed E-state index contributed by atoms with van der Waals surface area (Å²) in [5.74, 6) is -0.903. The number of carbonyl (C=O) groups is 2. The number of fused-ring (bicyclic) bond motifs is 2. The molecule has 0 unspecified atom stereocenters. The number of ether oxygens (including phenoxy) is 2. The van der Waals surface area contributed by atoms with Gasteiger partial charge in [0.2, 0.25) is 0 Å². The van der Waals surface area contributed by atoms with Gasteiger partial charge in [0.05, 0.1) is 46.8 Å². The molecule has 2 aliphatic rings. The smallest absolute Gasteiger partial charge is 0.550 e. The maximum Gasteiger partial charge on any atom is 2.00 e. The fourth-order valence-electron chi connectivity index (χ4n) is 8.22. The Morgan fingerprint density at radius 1 is 0.594 bits per heavy atom. The Hall–Kier alpha value is -5.32. The molecule has 8 rings (SSSR count). The van der Waals surface area contributed by atoms with Crippen LogP contribution in [0.2, 0.25) is 0 Å². The van der Waals surface area contributed by atoms with Gasteiger partial charge in [-0.2, -0.15) is 0 Å². The van der Waals surface area contributed by atoms with Gasteiger partial charge in [-0.25, -0.2) is 8.78 Å². The minimum Gasteiger partial charge on any atom is -0.550 e. The van der Waals surface area contributed by atoms with E-state index in [2.05, 4.69) is 0 Å². The van der Waals surface area contributed by atoms with Crippen molar-refractivity contribution in [2.75, 3.05) is 26.6 Å². The number of halogens is 2. The van der Waals surface area contributed by atoms with Crippen LogP contribution >= 0.6 is 0 Å².